The van der Waals surface area contributed by atoms with Gasteiger partial charge in [0.1, 0.15) is 17.4 Å². The minimum atomic E-state index is -4.51. The molecule has 0 unspecified atom stereocenters. The molecule has 19 heavy (non-hydrogen) atoms. The number of pyridine rings is 1. The zero-order chi connectivity index (χ0) is 14.0. The van der Waals surface area contributed by atoms with Gasteiger partial charge in [-0.25, -0.2) is 0 Å². The van der Waals surface area contributed by atoms with Crippen LogP contribution in [0, 0.1) is 0 Å². The van der Waals surface area contributed by atoms with Crippen molar-refractivity contribution in [3.05, 3.63) is 36.7 Å². The third kappa shape index (κ3) is 2.86. The standard InChI is InChI=1S/C12H11F3N2O2/c1-2-11(18)17-6-8(7-17)19-10-3-4-16-5-9(10)12(13,14)15/h2-5,8H,1,6-7H2. The maximum atomic E-state index is 12.7. The highest BCUT2D eigenvalue weighted by Gasteiger charge is 2.37. The summed E-state index contributed by atoms with van der Waals surface area (Å²) in [4.78, 5) is 16.1. The summed E-state index contributed by atoms with van der Waals surface area (Å²) in [5.41, 5.74) is -0.913. The summed E-state index contributed by atoms with van der Waals surface area (Å²) < 4.78 is 43.3. The number of hydrogen-bond acceptors (Lipinski definition) is 3. The van der Waals surface area contributed by atoms with Crippen LogP contribution in [-0.2, 0) is 11.0 Å². The van der Waals surface area contributed by atoms with Gasteiger partial charge in [0.2, 0.25) is 5.91 Å². The SMILES string of the molecule is C=CC(=O)N1CC(Oc2ccncc2C(F)(F)F)C1. The molecule has 0 N–H and O–H groups in total. The minimum absolute atomic E-state index is 0.254. The number of carbonyl (C=O) groups is 1. The molecule has 0 atom stereocenters. The molecule has 7 heteroatoms. The van der Waals surface area contributed by atoms with E-state index in [4.69, 9.17) is 4.74 Å². The number of carbonyl (C=O) groups excluding carboxylic acids is 1. The summed E-state index contributed by atoms with van der Waals surface area (Å²) in [6.07, 6.45) is -1.84. The largest absolute Gasteiger partial charge is 0.486 e. The first kappa shape index (κ1) is 13.4. The second-order valence-corrected chi connectivity index (χ2v) is 4.06. The third-order valence-corrected chi connectivity index (χ3v) is 2.71. The predicted molar refractivity (Wildman–Crippen MR) is 60.4 cm³/mol. The second kappa shape index (κ2) is 4.91. The Morgan fingerprint density at radius 3 is 2.79 bits per heavy atom. The van der Waals surface area contributed by atoms with Crippen LogP contribution in [-0.4, -0.2) is 35.0 Å². The van der Waals surface area contributed by atoms with Gasteiger partial charge in [0, 0.05) is 12.4 Å². The van der Waals surface area contributed by atoms with Crippen molar-refractivity contribution < 1.29 is 22.7 Å². The Morgan fingerprint density at radius 2 is 2.21 bits per heavy atom. The Labute approximate surface area is 107 Å². The lowest BCUT2D eigenvalue weighted by molar-refractivity contribution is -0.142. The summed E-state index contributed by atoms with van der Waals surface area (Å²) in [5.74, 6) is -0.524. The Hall–Kier alpha value is -2.05. The van der Waals surface area contributed by atoms with Crippen LogP contribution in [0.2, 0.25) is 0 Å². The molecule has 2 rings (SSSR count). The van der Waals surface area contributed by atoms with Crippen molar-refractivity contribution in [2.45, 2.75) is 12.3 Å². The second-order valence-electron chi connectivity index (χ2n) is 4.06. The maximum absolute atomic E-state index is 12.7. The summed E-state index contributed by atoms with van der Waals surface area (Å²) in [6.45, 7) is 3.84. The van der Waals surface area contributed by atoms with Crippen molar-refractivity contribution in [1.29, 1.82) is 0 Å². The van der Waals surface area contributed by atoms with Gasteiger partial charge in [-0.15, -0.1) is 0 Å². The van der Waals surface area contributed by atoms with Crippen LogP contribution in [0.3, 0.4) is 0 Å². The van der Waals surface area contributed by atoms with Crippen LogP contribution in [0.15, 0.2) is 31.1 Å². The van der Waals surface area contributed by atoms with E-state index in [2.05, 4.69) is 11.6 Å². The van der Waals surface area contributed by atoms with Gasteiger partial charge in [-0.3, -0.25) is 9.78 Å². The molecule has 1 aliphatic heterocycles. The number of amides is 1. The van der Waals surface area contributed by atoms with Crippen LogP contribution in [0.1, 0.15) is 5.56 Å². The molecule has 1 amide bonds. The summed E-state index contributed by atoms with van der Waals surface area (Å²) in [6, 6.07) is 1.17. The molecular weight excluding hydrogens is 261 g/mol. The van der Waals surface area contributed by atoms with Crippen LogP contribution >= 0.6 is 0 Å². The lowest BCUT2D eigenvalue weighted by Gasteiger charge is -2.38. The molecule has 0 spiro atoms. The lowest BCUT2D eigenvalue weighted by atomic mass is 10.1. The van der Waals surface area contributed by atoms with E-state index >= 15 is 0 Å². The highest BCUT2D eigenvalue weighted by atomic mass is 19.4. The van der Waals surface area contributed by atoms with E-state index in [1.807, 2.05) is 0 Å². The number of hydrogen-bond donors (Lipinski definition) is 0. The maximum Gasteiger partial charge on any atom is 0.421 e. The first-order chi connectivity index (χ1) is 8.91. The zero-order valence-electron chi connectivity index (χ0n) is 9.85. The molecule has 0 saturated carbocycles. The van der Waals surface area contributed by atoms with Gasteiger partial charge in [-0.2, -0.15) is 13.2 Å². The monoisotopic (exact) mass is 272 g/mol. The van der Waals surface area contributed by atoms with E-state index in [-0.39, 0.29) is 24.7 Å². The fourth-order valence-electron chi connectivity index (χ4n) is 1.70. The van der Waals surface area contributed by atoms with Crippen molar-refractivity contribution in [2.24, 2.45) is 0 Å². The van der Waals surface area contributed by atoms with Crippen molar-refractivity contribution >= 4 is 5.91 Å². The number of likely N-dealkylation sites (tertiary alicyclic amines) is 1. The van der Waals surface area contributed by atoms with Crippen molar-refractivity contribution in [3.8, 4) is 5.75 Å². The van der Waals surface area contributed by atoms with Gasteiger partial charge in [0.25, 0.3) is 0 Å². The molecule has 0 aliphatic carbocycles. The van der Waals surface area contributed by atoms with Crippen molar-refractivity contribution in [1.82, 2.24) is 9.88 Å². The number of aromatic nitrogens is 1. The summed E-state index contributed by atoms with van der Waals surface area (Å²) in [7, 11) is 0. The van der Waals surface area contributed by atoms with E-state index in [0.717, 1.165) is 12.3 Å². The molecule has 2 heterocycles. The Morgan fingerprint density at radius 1 is 1.53 bits per heavy atom. The van der Waals surface area contributed by atoms with Crippen LogP contribution in [0.25, 0.3) is 0 Å². The fraction of sp³-hybridized carbons (Fsp3) is 0.333. The molecule has 102 valence electrons. The first-order valence-electron chi connectivity index (χ1n) is 5.51. The molecule has 4 nitrogen and oxygen atoms in total. The van der Waals surface area contributed by atoms with E-state index < -0.39 is 17.8 Å². The highest BCUT2D eigenvalue weighted by molar-refractivity contribution is 5.87. The zero-order valence-corrected chi connectivity index (χ0v) is 9.85. The highest BCUT2D eigenvalue weighted by Crippen LogP contribution is 2.36. The third-order valence-electron chi connectivity index (χ3n) is 2.71. The fourth-order valence-corrected chi connectivity index (χ4v) is 1.70. The Bertz CT molecular complexity index is 496. The van der Waals surface area contributed by atoms with Gasteiger partial charge in [-0.05, 0) is 12.1 Å². The predicted octanol–water partition coefficient (Wildman–Crippen LogP) is 1.88. The molecule has 0 bridgehead atoms. The van der Waals surface area contributed by atoms with Gasteiger partial charge in [0.15, 0.2) is 0 Å². The topological polar surface area (TPSA) is 42.4 Å². The number of ether oxygens (including phenoxy) is 1. The average molecular weight is 272 g/mol. The quantitative estimate of drug-likeness (QED) is 0.789. The number of alkyl halides is 3. The number of nitrogens with zero attached hydrogens (tertiary/aromatic N) is 2. The molecular formula is C12H11F3N2O2. The van der Waals surface area contributed by atoms with E-state index in [0.29, 0.717) is 0 Å². The number of rotatable bonds is 3. The molecule has 1 fully saturated rings. The molecule has 0 aromatic carbocycles. The normalized spacial score (nSPS) is 15.8. The molecule has 1 aliphatic rings. The van der Waals surface area contributed by atoms with Gasteiger partial charge in [-0.1, -0.05) is 6.58 Å². The van der Waals surface area contributed by atoms with Crippen LogP contribution < -0.4 is 4.74 Å². The van der Waals surface area contributed by atoms with Crippen molar-refractivity contribution in [3.63, 3.8) is 0 Å². The summed E-state index contributed by atoms with van der Waals surface area (Å²) >= 11 is 0. The molecule has 0 radical (unpaired) electrons. The van der Waals surface area contributed by atoms with E-state index in [1.54, 1.807) is 0 Å². The Balaban J connectivity index is 2.02. The van der Waals surface area contributed by atoms with Gasteiger partial charge >= 0.3 is 6.18 Å². The van der Waals surface area contributed by atoms with Crippen LogP contribution in [0.5, 0.6) is 5.75 Å². The molecule has 1 aromatic rings. The molecule has 1 saturated heterocycles. The minimum Gasteiger partial charge on any atom is -0.486 e. The van der Waals surface area contributed by atoms with Crippen LogP contribution in [0.4, 0.5) is 13.2 Å². The Kier molecular flexibility index (Phi) is 3.46. The van der Waals surface area contributed by atoms with Gasteiger partial charge in [0.05, 0.1) is 13.1 Å². The first-order valence-corrected chi connectivity index (χ1v) is 5.51. The van der Waals surface area contributed by atoms with E-state index in [1.165, 1.54) is 17.2 Å². The molecule has 1 aromatic heterocycles. The average Bonchev–Trinajstić information content (AvgIpc) is 2.31. The summed E-state index contributed by atoms with van der Waals surface area (Å²) in [5, 5.41) is 0. The van der Waals surface area contributed by atoms with E-state index in [9.17, 15) is 18.0 Å². The lowest BCUT2D eigenvalue weighted by Crippen LogP contribution is -2.55. The van der Waals surface area contributed by atoms with Gasteiger partial charge < -0.3 is 9.64 Å². The van der Waals surface area contributed by atoms with Crippen molar-refractivity contribution in [2.75, 3.05) is 13.1 Å². The smallest absolute Gasteiger partial charge is 0.421 e. The number of halogens is 3.